The number of nitrogens with one attached hydrogen (secondary N) is 1. The first-order valence-electron chi connectivity index (χ1n) is 4.53. The van der Waals surface area contributed by atoms with Crippen LogP contribution in [-0.4, -0.2) is 17.8 Å². The molecule has 1 aliphatic heterocycles. The molecule has 1 unspecified atom stereocenters. The number of fused-ring (bicyclic) bond motifs is 1. The lowest BCUT2D eigenvalue weighted by Gasteiger charge is -2.11. The molecule has 1 aromatic carbocycles. The van der Waals surface area contributed by atoms with Crippen LogP contribution in [0.15, 0.2) is 24.3 Å². The van der Waals surface area contributed by atoms with Gasteiger partial charge in [0.2, 0.25) is 0 Å². The molecule has 1 aliphatic rings. The Bertz CT molecular complexity index is 329. The second-order valence-electron chi connectivity index (χ2n) is 3.30. The van der Waals surface area contributed by atoms with Gasteiger partial charge in [0.25, 0.3) is 0 Å². The summed E-state index contributed by atoms with van der Waals surface area (Å²) in [6, 6.07) is 8.06. The van der Waals surface area contributed by atoms with Crippen LogP contribution in [0.4, 0.5) is 0 Å². The molecule has 0 aromatic heterocycles. The Morgan fingerprint density at radius 2 is 2.36 bits per heavy atom. The third kappa shape index (κ3) is 1.96. The number of hydrogen-bond donors (Lipinski definition) is 2. The summed E-state index contributed by atoms with van der Waals surface area (Å²) in [5.41, 5.74) is 6.59. The molecule has 3 nitrogen and oxygen atoms in total. The largest absolute Gasteiger partial charge is 0.488 e. The van der Waals surface area contributed by atoms with E-state index in [1.54, 1.807) is 0 Å². The zero-order valence-corrected chi connectivity index (χ0v) is 8.51. The van der Waals surface area contributed by atoms with Crippen LogP contribution in [0.25, 0.3) is 0 Å². The summed E-state index contributed by atoms with van der Waals surface area (Å²) >= 11 is 4.73. The number of thiocarbonyl (C=S) groups is 1. The first-order chi connectivity index (χ1) is 6.75. The summed E-state index contributed by atoms with van der Waals surface area (Å²) in [5.74, 6) is 0.974. The Hall–Kier alpha value is -1.29. The monoisotopic (exact) mass is 208 g/mol. The van der Waals surface area contributed by atoms with Gasteiger partial charge >= 0.3 is 0 Å². The highest BCUT2D eigenvalue weighted by molar-refractivity contribution is 7.80. The quantitative estimate of drug-likeness (QED) is 0.707. The highest BCUT2D eigenvalue weighted by Gasteiger charge is 2.21. The van der Waals surface area contributed by atoms with E-state index >= 15 is 0 Å². The van der Waals surface area contributed by atoms with E-state index in [0.717, 1.165) is 12.2 Å². The molecule has 1 aromatic rings. The second kappa shape index (κ2) is 3.84. The maximum atomic E-state index is 5.68. The predicted molar refractivity (Wildman–Crippen MR) is 59.4 cm³/mol. The molecular weight excluding hydrogens is 196 g/mol. The lowest BCUT2D eigenvalue weighted by Crippen LogP contribution is -2.37. The molecule has 4 heteroatoms. The predicted octanol–water partition coefficient (Wildman–Crippen LogP) is 0.823. The molecule has 0 saturated carbocycles. The highest BCUT2D eigenvalue weighted by Crippen LogP contribution is 2.27. The van der Waals surface area contributed by atoms with Crippen molar-refractivity contribution >= 4 is 17.3 Å². The molecule has 1 heterocycles. The van der Waals surface area contributed by atoms with Crippen molar-refractivity contribution in [2.24, 2.45) is 5.73 Å². The van der Waals surface area contributed by atoms with E-state index in [1.165, 1.54) is 5.56 Å². The molecule has 0 fully saturated rings. The van der Waals surface area contributed by atoms with Crippen molar-refractivity contribution in [3.63, 3.8) is 0 Å². The fourth-order valence-corrected chi connectivity index (χ4v) is 1.67. The number of rotatable bonds is 2. The first kappa shape index (κ1) is 9.27. The van der Waals surface area contributed by atoms with Crippen molar-refractivity contribution < 1.29 is 4.74 Å². The Morgan fingerprint density at radius 1 is 1.57 bits per heavy atom. The molecule has 0 bridgehead atoms. The summed E-state index contributed by atoms with van der Waals surface area (Å²) < 4.78 is 5.68. The third-order valence-corrected chi connectivity index (χ3v) is 2.36. The van der Waals surface area contributed by atoms with Crippen molar-refractivity contribution in [3.8, 4) is 5.75 Å². The molecule has 14 heavy (non-hydrogen) atoms. The Balaban J connectivity index is 1.95. The Kier molecular flexibility index (Phi) is 2.54. The van der Waals surface area contributed by atoms with E-state index < -0.39 is 0 Å². The van der Waals surface area contributed by atoms with Gasteiger partial charge in [0.15, 0.2) is 5.11 Å². The van der Waals surface area contributed by atoms with Gasteiger partial charge in [-0.05, 0) is 23.8 Å². The maximum absolute atomic E-state index is 5.68. The second-order valence-corrected chi connectivity index (χ2v) is 3.74. The number of ether oxygens (including phenoxy) is 1. The van der Waals surface area contributed by atoms with Gasteiger partial charge < -0.3 is 15.8 Å². The van der Waals surface area contributed by atoms with E-state index in [4.69, 9.17) is 22.7 Å². The standard InChI is InChI=1S/C10H12N2OS/c11-10(14)12-6-8-5-7-3-1-2-4-9(7)13-8/h1-4,8H,5-6H2,(H3,11,12,14). The van der Waals surface area contributed by atoms with Crippen molar-refractivity contribution in [2.45, 2.75) is 12.5 Å². The Morgan fingerprint density at radius 3 is 3.07 bits per heavy atom. The van der Waals surface area contributed by atoms with Crippen molar-refractivity contribution in [2.75, 3.05) is 6.54 Å². The van der Waals surface area contributed by atoms with E-state index in [1.807, 2.05) is 18.2 Å². The lowest BCUT2D eigenvalue weighted by atomic mass is 10.1. The lowest BCUT2D eigenvalue weighted by molar-refractivity contribution is 0.235. The molecule has 0 aliphatic carbocycles. The summed E-state index contributed by atoms with van der Waals surface area (Å²) in [6.07, 6.45) is 1.07. The van der Waals surface area contributed by atoms with Crippen LogP contribution in [0.3, 0.4) is 0 Å². The highest BCUT2D eigenvalue weighted by atomic mass is 32.1. The van der Waals surface area contributed by atoms with E-state index in [-0.39, 0.29) is 6.10 Å². The minimum absolute atomic E-state index is 0.147. The number of para-hydroxylation sites is 1. The van der Waals surface area contributed by atoms with Crippen LogP contribution in [0.2, 0.25) is 0 Å². The Labute approximate surface area is 88.2 Å². The van der Waals surface area contributed by atoms with Gasteiger partial charge in [0, 0.05) is 6.42 Å². The van der Waals surface area contributed by atoms with Crippen molar-refractivity contribution in [3.05, 3.63) is 29.8 Å². The maximum Gasteiger partial charge on any atom is 0.163 e. The molecular formula is C10H12N2OS. The summed E-state index contributed by atoms with van der Waals surface area (Å²) in [7, 11) is 0. The fourth-order valence-electron chi connectivity index (χ4n) is 1.58. The average molecular weight is 208 g/mol. The zero-order chi connectivity index (χ0) is 9.97. The van der Waals surface area contributed by atoms with Gasteiger partial charge in [-0.3, -0.25) is 0 Å². The topological polar surface area (TPSA) is 47.3 Å². The minimum atomic E-state index is 0.147. The van der Waals surface area contributed by atoms with Gasteiger partial charge in [-0.25, -0.2) is 0 Å². The number of nitrogens with two attached hydrogens (primary N) is 1. The average Bonchev–Trinajstić information content (AvgIpc) is 2.57. The van der Waals surface area contributed by atoms with Crippen LogP contribution in [-0.2, 0) is 6.42 Å². The summed E-state index contributed by atoms with van der Waals surface area (Å²) in [5, 5.41) is 3.23. The van der Waals surface area contributed by atoms with Crippen LogP contribution >= 0.6 is 12.2 Å². The SMILES string of the molecule is NC(=S)NCC1Cc2ccccc2O1. The first-order valence-corrected chi connectivity index (χ1v) is 4.94. The van der Waals surface area contributed by atoms with Gasteiger partial charge in [0.1, 0.15) is 11.9 Å². The number of benzene rings is 1. The van der Waals surface area contributed by atoms with Crippen molar-refractivity contribution in [1.29, 1.82) is 0 Å². The van der Waals surface area contributed by atoms with Gasteiger partial charge in [-0.15, -0.1) is 0 Å². The zero-order valence-electron chi connectivity index (χ0n) is 7.69. The minimum Gasteiger partial charge on any atom is -0.488 e. The van der Waals surface area contributed by atoms with Crippen LogP contribution < -0.4 is 15.8 Å². The molecule has 2 rings (SSSR count). The van der Waals surface area contributed by atoms with Crippen LogP contribution in [0.5, 0.6) is 5.75 Å². The smallest absolute Gasteiger partial charge is 0.163 e. The van der Waals surface area contributed by atoms with E-state index in [2.05, 4.69) is 11.4 Å². The van der Waals surface area contributed by atoms with E-state index in [0.29, 0.717) is 11.7 Å². The van der Waals surface area contributed by atoms with E-state index in [9.17, 15) is 0 Å². The molecule has 0 radical (unpaired) electrons. The molecule has 3 N–H and O–H groups in total. The van der Waals surface area contributed by atoms with Crippen LogP contribution in [0.1, 0.15) is 5.56 Å². The third-order valence-electron chi connectivity index (χ3n) is 2.22. The summed E-state index contributed by atoms with van der Waals surface area (Å²) in [4.78, 5) is 0. The molecule has 74 valence electrons. The number of hydrogen-bond acceptors (Lipinski definition) is 2. The van der Waals surface area contributed by atoms with Gasteiger partial charge in [-0.2, -0.15) is 0 Å². The van der Waals surface area contributed by atoms with Crippen molar-refractivity contribution in [1.82, 2.24) is 5.32 Å². The normalized spacial score (nSPS) is 18.4. The molecule has 0 amide bonds. The molecule has 1 atom stereocenters. The summed E-state index contributed by atoms with van der Waals surface area (Å²) in [6.45, 7) is 0.671. The fraction of sp³-hybridized carbons (Fsp3) is 0.300. The molecule has 0 saturated heterocycles. The molecule has 0 spiro atoms. The van der Waals surface area contributed by atoms with Gasteiger partial charge in [-0.1, -0.05) is 18.2 Å². The van der Waals surface area contributed by atoms with Crippen LogP contribution in [0, 0.1) is 0 Å². The van der Waals surface area contributed by atoms with Gasteiger partial charge in [0.05, 0.1) is 6.54 Å².